The minimum atomic E-state index is 0.135. The second kappa shape index (κ2) is 5.80. The van der Waals surface area contributed by atoms with Gasteiger partial charge in [-0.25, -0.2) is 4.98 Å². The van der Waals surface area contributed by atoms with E-state index in [-0.39, 0.29) is 11.9 Å². The zero-order valence-corrected chi connectivity index (χ0v) is 11.6. The van der Waals surface area contributed by atoms with Gasteiger partial charge in [-0.2, -0.15) is 0 Å². The molecule has 0 saturated carbocycles. The lowest BCUT2D eigenvalue weighted by Gasteiger charge is -2.21. The van der Waals surface area contributed by atoms with Crippen molar-refractivity contribution in [2.24, 2.45) is 0 Å². The normalized spacial score (nSPS) is 19.7. The zero-order chi connectivity index (χ0) is 13.1. The predicted octanol–water partition coefficient (Wildman–Crippen LogP) is 3.37. The van der Waals surface area contributed by atoms with Gasteiger partial charge in [-0.05, 0) is 31.4 Å². The Hall–Kier alpha value is -1.26. The summed E-state index contributed by atoms with van der Waals surface area (Å²) in [4.78, 5) is 16.5. The number of para-hydroxylation sites is 1. The molecular weight excluding hydrogens is 258 g/mol. The topological polar surface area (TPSA) is 39.2 Å². The van der Waals surface area contributed by atoms with Crippen LogP contribution in [0.5, 0.6) is 0 Å². The number of benzene rings is 1. The summed E-state index contributed by atoms with van der Waals surface area (Å²) in [5, 5.41) is 0.919. The maximum Gasteiger partial charge on any atom is 0.142 e. The van der Waals surface area contributed by atoms with Crippen molar-refractivity contribution in [3.8, 4) is 0 Å². The van der Waals surface area contributed by atoms with Crippen LogP contribution in [0.25, 0.3) is 10.2 Å². The molecule has 2 heterocycles. The molecule has 100 valence electrons. The summed E-state index contributed by atoms with van der Waals surface area (Å²) in [6.45, 7) is 0.805. The molecule has 1 aromatic carbocycles. The number of fused-ring (bicyclic) bond motifs is 1. The van der Waals surface area contributed by atoms with Crippen molar-refractivity contribution >= 4 is 27.3 Å². The highest BCUT2D eigenvalue weighted by atomic mass is 32.1. The number of ketones is 1. The molecule has 3 rings (SSSR count). The summed E-state index contributed by atoms with van der Waals surface area (Å²) in [7, 11) is 0. The highest BCUT2D eigenvalue weighted by Crippen LogP contribution is 2.23. The van der Waals surface area contributed by atoms with Crippen molar-refractivity contribution in [2.75, 3.05) is 6.61 Å². The first-order valence-electron chi connectivity index (χ1n) is 6.79. The van der Waals surface area contributed by atoms with E-state index in [9.17, 15) is 4.79 Å². The number of ether oxygens (including phenoxy) is 1. The first-order valence-corrected chi connectivity index (χ1v) is 7.60. The Balaban J connectivity index is 1.62. The molecule has 1 saturated heterocycles. The van der Waals surface area contributed by atoms with Crippen molar-refractivity contribution in [3.63, 3.8) is 0 Å². The number of rotatable bonds is 4. The quantitative estimate of drug-likeness (QED) is 0.858. The Morgan fingerprint density at radius 3 is 3.05 bits per heavy atom. The van der Waals surface area contributed by atoms with Gasteiger partial charge in [0.25, 0.3) is 0 Å². The van der Waals surface area contributed by atoms with Crippen LogP contribution in [0.3, 0.4) is 0 Å². The fourth-order valence-corrected chi connectivity index (χ4v) is 3.45. The molecule has 1 aliphatic heterocycles. The predicted molar refractivity (Wildman–Crippen MR) is 76.5 cm³/mol. The minimum absolute atomic E-state index is 0.135. The smallest absolute Gasteiger partial charge is 0.142 e. The number of Topliss-reactive ketones (excluding diaryl/α,β-unsaturated/α-hetero) is 1. The van der Waals surface area contributed by atoms with Crippen molar-refractivity contribution in [3.05, 3.63) is 29.3 Å². The van der Waals surface area contributed by atoms with E-state index in [0.29, 0.717) is 12.8 Å². The first-order chi connectivity index (χ1) is 9.31. The van der Waals surface area contributed by atoms with E-state index >= 15 is 0 Å². The summed E-state index contributed by atoms with van der Waals surface area (Å²) >= 11 is 1.61. The molecule has 1 unspecified atom stereocenters. The van der Waals surface area contributed by atoms with Gasteiger partial charge in [0.1, 0.15) is 10.8 Å². The Morgan fingerprint density at radius 1 is 1.37 bits per heavy atom. The number of thiazole rings is 1. The molecule has 1 atom stereocenters. The van der Waals surface area contributed by atoms with Crippen LogP contribution < -0.4 is 0 Å². The van der Waals surface area contributed by atoms with E-state index in [4.69, 9.17) is 4.74 Å². The van der Waals surface area contributed by atoms with Crippen LogP contribution in [0.4, 0.5) is 0 Å². The van der Waals surface area contributed by atoms with Gasteiger partial charge < -0.3 is 4.74 Å². The zero-order valence-electron chi connectivity index (χ0n) is 10.8. The molecule has 3 nitrogen and oxygen atoms in total. The van der Waals surface area contributed by atoms with Crippen molar-refractivity contribution in [1.82, 2.24) is 4.98 Å². The van der Waals surface area contributed by atoms with Crippen LogP contribution in [-0.4, -0.2) is 23.5 Å². The maximum absolute atomic E-state index is 12.0. The number of hydrogen-bond donors (Lipinski definition) is 0. The molecule has 4 heteroatoms. The van der Waals surface area contributed by atoms with Crippen LogP contribution in [0.15, 0.2) is 24.3 Å². The van der Waals surface area contributed by atoms with E-state index in [1.807, 2.05) is 24.3 Å². The van der Waals surface area contributed by atoms with E-state index in [1.165, 1.54) is 6.42 Å². The minimum Gasteiger partial charge on any atom is -0.378 e. The van der Waals surface area contributed by atoms with Crippen LogP contribution in [0.2, 0.25) is 0 Å². The lowest BCUT2D eigenvalue weighted by atomic mass is 10.0. The fraction of sp³-hybridized carbons (Fsp3) is 0.467. The molecule has 0 aliphatic carbocycles. The standard InChI is InChI=1S/C15H17NO2S/c17-11(9-12-5-3-4-8-18-12)10-15-16-13-6-1-2-7-14(13)19-15/h1-2,6-7,12H,3-5,8-10H2. The Kier molecular flexibility index (Phi) is 3.89. The maximum atomic E-state index is 12.0. The van der Waals surface area contributed by atoms with Gasteiger partial charge in [-0.1, -0.05) is 12.1 Å². The second-order valence-electron chi connectivity index (χ2n) is 4.98. The van der Waals surface area contributed by atoms with Crippen LogP contribution in [0.1, 0.15) is 30.7 Å². The fourth-order valence-electron chi connectivity index (χ4n) is 2.46. The Labute approximate surface area is 116 Å². The summed E-state index contributed by atoms with van der Waals surface area (Å²) in [6, 6.07) is 8.01. The third kappa shape index (κ3) is 3.19. The number of nitrogens with zero attached hydrogens (tertiary/aromatic N) is 1. The van der Waals surface area contributed by atoms with Gasteiger partial charge in [-0.3, -0.25) is 4.79 Å². The molecule has 0 spiro atoms. The van der Waals surface area contributed by atoms with Crippen LogP contribution in [0, 0.1) is 0 Å². The van der Waals surface area contributed by atoms with E-state index < -0.39 is 0 Å². The molecule has 1 fully saturated rings. The van der Waals surface area contributed by atoms with E-state index in [0.717, 1.165) is 34.7 Å². The van der Waals surface area contributed by atoms with Crippen molar-refractivity contribution < 1.29 is 9.53 Å². The molecule has 0 amide bonds. The monoisotopic (exact) mass is 275 g/mol. The average Bonchev–Trinajstić information content (AvgIpc) is 2.81. The molecule has 0 radical (unpaired) electrons. The van der Waals surface area contributed by atoms with Crippen LogP contribution >= 0.6 is 11.3 Å². The summed E-state index contributed by atoms with van der Waals surface area (Å²) in [6.07, 6.45) is 4.44. The van der Waals surface area contributed by atoms with Crippen LogP contribution in [-0.2, 0) is 16.0 Å². The second-order valence-corrected chi connectivity index (χ2v) is 6.10. The third-order valence-electron chi connectivity index (χ3n) is 3.42. The van der Waals surface area contributed by atoms with Crippen molar-refractivity contribution in [2.45, 2.75) is 38.2 Å². The summed E-state index contributed by atoms with van der Waals surface area (Å²) < 4.78 is 6.76. The molecule has 1 aliphatic rings. The SMILES string of the molecule is O=C(Cc1nc2ccccc2s1)CC1CCCCO1. The molecule has 0 N–H and O–H groups in total. The highest BCUT2D eigenvalue weighted by molar-refractivity contribution is 7.18. The van der Waals surface area contributed by atoms with Gasteiger partial charge >= 0.3 is 0 Å². The highest BCUT2D eigenvalue weighted by Gasteiger charge is 2.18. The summed E-state index contributed by atoms with van der Waals surface area (Å²) in [5.74, 6) is 0.242. The van der Waals surface area contributed by atoms with E-state index in [1.54, 1.807) is 11.3 Å². The Bertz CT molecular complexity index is 539. The van der Waals surface area contributed by atoms with Gasteiger partial charge in [0.05, 0.1) is 22.7 Å². The Morgan fingerprint density at radius 2 is 2.26 bits per heavy atom. The lowest BCUT2D eigenvalue weighted by Crippen LogP contribution is -2.23. The molecular formula is C15H17NO2S. The molecule has 2 aromatic rings. The largest absolute Gasteiger partial charge is 0.378 e. The lowest BCUT2D eigenvalue weighted by molar-refractivity contribution is -0.122. The number of aromatic nitrogens is 1. The number of carbonyl (C=O) groups excluding carboxylic acids is 1. The van der Waals surface area contributed by atoms with Gasteiger partial charge in [0.2, 0.25) is 0 Å². The third-order valence-corrected chi connectivity index (χ3v) is 4.45. The van der Waals surface area contributed by atoms with E-state index in [2.05, 4.69) is 4.98 Å². The number of carbonyl (C=O) groups is 1. The molecule has 0 bridgehead atoms. The molecule has 1 aromatic heterocycles. The molecule has 19 heavy (non-hydrogen) atoms. The first kappa shape index (κ1) is 12.8. The summed E-state index contributed by atoms with van der Waals surface area (Å²) in [5.41, 5.74) is 0.990. The average molecular weight is 275 g/mol. The van der Waals surface area contributed by atoms with Gasteiger partial charge in [0.15, 0.2) is 0 Å². The van der Waals surface area contributed by atoms with Gasteiger partial charge in [0, 0.05) is 13.0 Å². The van der Waals surface area contributed by atoms with Gasteiger partial charge in [-0.15, -0.1) is 11.3 Å². The van der Waals surface area contributed by atoms with Crippen molar-refractivity contribution in [1.29, 1.82) is 0 Å². The number of hydrogen-bond acceptors (Lipinski definition) is 4.